The minimum atomic E-state index is -0.262. The highest BCUT2D eigenvalue weighted by Crippen LogP contribution is 2.20. The Morgan fingerprint density at radius 1 is 1.09 bits per heavy atom. The second-order valence-electron chi connectivity index (χ2n) is 5.22. The first-order chi connectivity index (χ1) is 10.7. The second-order valence-corrected chi connectivity index (χ2v) is 5.22. The van der Waals surface area contributed by atoms with E-state index in [0.717, 1.165) is 25.2 Å². The van der Waals surface area contributed by atoms with Gasteiger partial charge in [-0.05, 0) is 48.4 Å². The van der Waals surface area contributed by atoms with Crippen molar-refractivity contribution in [2.45, 2.75) is 13.0 Å². The number of hydrogen-bond donors (Lipinski definition) is 3. The lowest BCUT2D eigenvalue weighted by atomic mass is 10.0. The Balaban J connectivity index is 0.00000192. The number of carbonyl (C=O) groups is 1. The number of rotatable bonds is 3. The van der Waals surface area contributed by atoms with E-state index < -0.39 is 0 Å². The second kappa shape index (κ2) is 7.85. The number of hydrogen-bond acceptors (Lipinski definition) is 3. The zero-order valence-electron chi connectivity index (χ0n) is 12.9. The molecule has 2 aromatic carbocycles. The highest BCUT2D eigenvalue weighted by molar-refractivity contribution is 5.99. The quantitative estimate of drug-likeness (QED) is 0.806. The number of halogens is 1. The molecule has 1 heterocycles. The van der Waals surface area contributed by atoms with Crippen LogP contribution in [0.2, 0.25) is 0 Å². The summed E-state index contributed by atoms with van der Waals surface area (Å²) < 4.78 is 5.14. The first-order valence-corrected chi connectivity index (χ1v) is 7.29. The third kappa shape index (κ3) is 4.37. The third-order valence-corrected chi connectivity index (χ3v) is 3.68. The molecule has 0 atom stereocenters. The van der Waals surface area contributed by atoms with Gasteiger partial charge in [0.1, 0.15) is 5.75 Å². The van der Waals surface area contributed by atoms with Crippen LogP contribution in [0.4, 0.5) is 16.2 Å². The Morgan fingerprint density at radius 2 is 1.87 bits per heavy atom. The Bertz CT molecular complexity index is 691. The molecule has 5 nitrogen and oxygen atoms in total. The summed E-state index contributed by atoms with van der Waals surface area (Å²) >= 11 is 0. The van der Waals surface area contributed by atoms with Gasteiger partial charge in [-0.3, -0.25) is 0 Å². The van der Waals surface area contributed by atoms with Gasteiger partial charge in [-0.2, -0.15) is 0 Å². The van der Waals surface area contributed by atoms with Crippen molar-refractivity contribution >= 4 is 29.8 Å². The van der Waals surface area contributed by atoms with Crippen LogP contribution in [-0.4, -0.2) is 19.7 Å². The Hall–Kier alpha value is -2.24. The maximum atomic E-state index is 12.1. The van der Waals surface area contributed by atoms with Crippen molar-refractivity contribution < 1.29 is 9.53 Å². The van der Waals surface area contributed by atoms with E-state index >= 15 is 0 Å². The molecule has 0 aromatic heterocycles. The average molecular weight is 334 g/mol. The molecule has 0 fully saturated rings. The van der Waals surface area contributed by atoms with E-state index in [1.807, 2.05) is 30.3 Å². The molecule has 0 unspecified atom stereocenters. The molecule has 0 saturated carbocycles. The van der Waals surface area contributed by atoms with Crippen molar-refractivity contribution in [3.63, 3.8) is 0 Å². The van der Waals surface area contributed by atoms with Crippen LogP contribution in [0.5, 0.6) is 5.75 Å². The number of fused-ring (bicyclic) bond motifs is 1. The summed E-state index contributed by atoms with van der Waals surface area (Å²) in [6, 6.07) is 13.0. The number of anilines is 2. The van der Waals surface area contributed by atoms with Gasteiger partial charge >= 0.3 is 6.03 Å². The summed E-state index contributed by atoms with van der Waals surface area (Å²) in [4.78, 5) is 12.1. The molecule has 2 amide bonds. The van der Waals surface area contributed by atoms with Crippen LogP contribution in [0, 0.1) is 0 Å². The Morgan fingerprint density at radius 3 is 2.65 bits per heavy atom. The van der Waals surface area contributed by atoms with Crippen LogP contribution in [-0.2, 0) is 13.0 Å². The summed E-state index contributed by atoms with van der Waals surface area (Å²) in [7, 11) is 1.60. The predicted octanol–water partition coefficient (Wildman–Crippen LogP) is 3.41. The zero-order chi connectivity index (χ0) is 15.4. The lowest BCUT2D eigenvalue weighted by Gasteiger charge is -2.18. The largest absolute Gasteiger partial charge is 0.497 e. The van der Waals surface area contributed by atoms with Crippen molar-refractivity contribution in [2.24, 2.45) is 0 Å². The predicted molar refractivity (Wildman–Crippen MR) is 94.7 cm³/mol. The molecule has 23 heavy (non-hydrogen) atoms. The first kappa shape index (κ1) is 17.1. The molecule has 0 radical (unpaired) electrons. The normalized spacial score (nSPS) is 12.6. The standard InChI is InChI=1S/C17H19N3O2.ClH/c1-22-16-4-2-3-14(10-16)19-17(21)20-15-6-5-13-11-18-8-7-12(13)9-15;/h2-6,9-10,18H,7-8,11H2,1H3,(H2,19,20,21);1H. The molecule has 3 rings (SSSR count). The van der Waals surface area contributed by atoms with Crippen molar-refractivity contribution in [2.75, 3.05) is 24.3 Å². The van der Waals surface area contributed by atoms with E-state index in [2.05, 4.69) is 22.0 Å². The van der Waals surface area contributed by atoms with Gasteiger partial charge in [0.05, 0.1) is 7.11 Å². The monoisotopic (exact) mass is 333 g/mol. The molecule has 122 valence electrons. The molecule has 0 bridgehead atoms. The minimum absolute atomic E-state index is 0. The van der Waals surface area contributed by atoms with Crippen LogP contribution in [0.15, 0.2) is 42.5 Å². The maximum Gasteiger partial charge on any atom is 0.323 e. The molecule has 0 spiro atoms. The first-order valence-electron chi connectivity index (χ1n) is 7.29. The van der Waals surface area contributed by atoms with Crippen molar-refractivity contribution in [1.29, 1.82) is 0 Å². The van der Waals surface area contributed by atoms with E-state index in [0.29, 0.717) is 11.4 Å². The van der Waals surface area contributed by atoms with E-state index in [9.17, 15) is 4.79 Å². The summed E-state index contributed by atoms with van der Waals surface area (Å²) in [5.41, 5.74) is 4.09. The van der Waals surface area contributed by atoms with E-state index in [4.69, 9.17) is 4.74 Å². The van der Waals surface area contributed by atoms with Gasteiger partial charge in [0.25, 0.3) is 0 Å². The van der Waals surface area contributed by atoms with Gasteiger partial charge in [0, 0.05) is 24.0 Å². The molecular weight excluding hydrogens is 314 g/mol. The number of benzene rings is 2. The highest BCUT2D eigenvalue weighted by atomic mass is 35.5. The fourth-order valence-corrected chi connectivity index (χ4v) is 2.55. The summed E-state index contributed by atoms with van der Waals surface area (Å²) in [6.45, 7) is 1.87. The average Bonchev–Trinajstić information content (AvgIpc) is 2.55. The van der Waals surface area contributed by atoms with Crippen LogP contribution in [0.25, 0.3) is 0 Å². The fraction of sp³-hybridized carbons (Fsp3) is 0.235. The van der Waals surface area contributed by atoms with Crippen LogP contribution in [0.3, 0.4) is 0 Å². The number of nitrogens with one attached hydrogen (secondary N) is 3. The lowest BCUT2D eigenvalue weighted by Crippen LogP contribution is -2.24. The summed E-state index contributed by atoms with van der Waals surface area (Å²) in [6.07, 6.45) is 0.988. The van der Waals surface area contributed by atoms with Gasteiger partial charge in [0.2, 0.25) is 0 Å². The van der Waals surface area contributed by atoms with Gasteiger partial charge in [0.15, 0.2) is 0 Å². The van der Waals surface area contributed by atoms with Gasteiger partial charge in [-0.15, -0.1) is 12.4 Å². The molecule has 3 N–H and O–H groups in total. The smallest absolute Gasteiger partial charge is 0.323 e. The van der Waals surface area contributed by atoms with E-state index in [1.165, 1.54) is 11.1 Å². The fourth-order valence-electron chi connectivity index (χ4n) is 2.55. The van der Waals surface area contributed by atoms with Crippen LogP contribution >= 0.6 is 12.4 Å². The van der Waals surface area contributed by atoms with Crippen LogP contribution in [0.1, 0.15) is 11.1 Å². The van der Waals surface area contributed by atoms with Crippen LogP contribution < -0.4 is 20.7 Å². The van der Waals surface area contributed by atoms with Gasteiger partial charge in [-0.25, -0.2) is 4.79 Å². The van der Waals surface area contributed by atoms with Crippen molar-refractivity contribution in [3.8, 4) is 5.75 Å². The molecule has 1 aliphatic heterocycles. The molecule has 0 saturated heterocycles. The third-order valence-electron chi connectivity index (χ3n) is 3.68. The number of ether oxygens (including phenoxy) is 1. The maximum absolute atomic E-state index is 12.1. The minimum Gasteiger partial charge on any atom is -0.497 e. The lowest BCUT2D eigenvalue weighted by molar-refractivity contribution is 0.262. The van der Waals surface area contributed by atoms with Crippen molar-refractivity contribution in [3.05, 3.63) is 53.6 Å². The van der Waals surface area contributed by atoms with Gasteiger partial charge in [-0.1, -0.05) is 12.1 Å². The number of carbonyl (C=O) groups excluding carboxylic acids is 1. The molecule has 2 aromatic rings. The summed E-state index contributed by atoms with van der Waals surface area (Å²) in [5.74, 6) is 0.707. The SMILES string of the molecule is COc1cccc(NC(=O)Nc2ccc3c(c2)CCNC3)c1.Cl. The molecule has 1 aliphatic rings. The van der Waals surface area contributed by atoms with Gasteiger partial charge < -0.3 is 20.7 Å². The number of methoxy groups -OCH3 is 1. The zero-order valence-corrected chi connectivity index (χ0v) is 13.7. The van der Waals surface area contributed by atoms with E-state index in [1.54, 1.807) is 13.2 Å². The molecule has 6 heteroatoms. The van der Waals surface area contributed by atoms with Crippen molar-refractivity contribution in [1.82, 2.24) is 5.32 Å². The molecule has 0 aliphatic carbocycles. The number of amides is 2. The topological polar surface area (TPSA) is 62.4 Å². The highest BCUT2D eigenvalue weighted by Gasteiger charge is 2.10. The molecular formula is C17H20ClN3O2. The summed E-state index contributed by atoms with van der Waals surface area (Å²) in [5, 5.41) is 9.00. The Kier molecular flexibility index (Phi) is 5.84. The number of urea groups is 1. The Labute approximate surface area is 141 Å². The van der Waals surface area contributed by atoms with E-state index in [-0.39, 0.29) is 18.4 Å².